The van der Waals surface area contributed by atoms with Gasteiger partial charge in [0.2, 0.25) is 5.60 Å². The van der Waals surface area contributed by atoms with E-state index in [4.69, 9.17) is 10.5 Å². The van der Waals surface area contributed by atoms with E-state index in [1.54, 1.807) is 6.92 Å². The van der Waals surface area contributed by atoms with Gasteiger partial charge in [0.1, 0.15) is 12.4 Å². The summed E-state index contributed by atoms with van der Waals surface area (Å²) in [7, 11) is 1.49. The molecular weight excluding hydrogens is 451 g/mol. The molecule has 2 amide bonds. The minimum absolute atomic E-state index is 0.0272. The third-order valence-electron chi connectivity index (χ3n) is 4.79. The molecule has 2 unspecified atom stereocenters. The van der Waals surface area contributed by atoms with Gasteiger partial charge in [0.15, 0.2) is 11.1 Å². The zero-order valence-electron chi connectivity index (χ0n) is 16.9. The summed E-state index contributed by atoms with van der Waals surface area (Å²) in [5, 5.41) is 20.0. The molecule has 1 aliphatic heterocycles. The van der Waals surface area contributed by atoms with Gasteiger partial charge < -0.3 is 25.6 Å². The summed E-state index contributed by atoms with van der Waals surface area (Å²) in [5.74, 6) is 3.27. The minimum Gasteiger partial charge on any atom is -0.489 e. The highest BCUT2D eigenvalue weighted by atomic mass is 32.1. The third kappa shape index (κ3) is 4.14. The molecule has 1 aliphatic rings. The maximum absolute atomic E-state index is 13.7. The number of alkyl halides is 3. The second kappa shape index (κ2) is 8.42. The lowest BCUT2D eigenvalue weighted by Crippen LogP contribution is -2.46. The molecule has 170 valence electrons. The van der Waals surface area contributed by atoms with Crippen LogP contribution in [-0.2, 0) is 10.4 Å². The van der Waals surface area contributed by atoms with Crippen molar-refractivity contribution in [3.05, 3.63) is 33.6 Å². The Hall–Kier alpha value is -3.14. The number of aliphatic hydroxyl groups is 2. The highest BCUT2D eigenvalue weighted by molar-refractivity contribution is 7.14. The Balaban J connectivity index is 2.10. The molecule has 8 nitrogen and oxygen atoms in total. The van der Waals surface area contributed by atoms with Gasteiger partial charge in [-0.05, 0) is 25.1 Å². The maximum Gasteiger partial charge on any atom is 0.425 e. The van der Waals surface area contributed by atoms with Crippen LogP contribution >= 0.6 is 11.3 Å². The largest absolute Gasteiger partial charge is 0.489 e. The van der Waals surface area contributed by atoms with Gasteiger partial charge in [-0.15, -0.1) is 11.3 Å². The van der Waals surface area contributed by atoms with Crippen LogP contribution in [0.25, 0.3) is 11.3 Å². The van der Waals surface area contributed by atoms with Crippen LogP contribution in [0.2, 0.25) is 0 Å². The number of benzene rings is 1. The zero-order chi connectivity index (χ0) is 23.8. The van der Waals surface area contributed by atoms with Gasteiger partial charge in [0, 0.05) is 24.7 Å². The summed E-state index contributed by atoms with van der Waals surface area (Å²) in [6, 6.07) is 4.06. The van der Waals surface area contributed by atoms with Crippen molar-refractivity contribution in [1.29, 1.82) is 0 Å². The van der Waals surface area contributed by atoms with Crippen LogP contribution in [-0.4, -0.2) is 64.4 Å². The number of fused-ring (bicyclic) bond motifs is 3. The number of rotatable bonds is 3. The van der Waals surface area contributed by atoms with E-state index in [-0.39, 0.29) is 22.6 Å². The molecule has 2 aromatic rings. The molecule has 0 bridgehead atoms. The maximum atomic E-state index is 13.7. The number of nitrogens with zero attached hydrogens (tertiary/aromatic N) is 2. The predicted octanol–water partition coefficient (Wildman–Crippen LogP) is 1.24. The average Bonchev–Trinajstić information content (AvgIpc) is 3.15. The summed E-state index contributed by atoms with van der Waals surface area (Å²) < 4.78 is 46.4. The number of carbonyl (C=O) groups is 2. The molecule has 32 heavy (non-hydrogen) atoms. The molecule has 0 saturated heterocycles. The lowest BCUT2D eigenvalue weighted by atomic mass is 9.98. The van der Waals surface area contributed by atoms with Crippen LogP contribution in [0.1, 0.15) is 27.2 Å². The van der Waals surface area contributed by atoms with Crippen LogP contribution in [0.15, 0.2) is 18.2 Å². The Bertz CT molecular complexity index is 1140. The van der Waals surface area contributed by atoms with Crippen LogP contribution in [0.5, 0.6) is 5.75 Å². The molecule has 0 spiro atoms. The van der Waals surface area contributed by atoms with E-state index < -0.39 is 46.2 Å². The number of carbonyl (C=O) groups excluding carboxylic acids is 2. The molecule has 4 N–H and O–H groups in total. The molecule has 1 aromatic heterocycles. The van der Waals surface area contributed by atoms with E-state index in [0.717, 1.165) is 0 Å². The van der Waals surface area contributed by atoms with Crippen molar-refractivity contribution in [2.45, 2.75) is 24.8 Å². The first kappa shape index (κ1) is 23.5. The van der Waals surface area contributed by atoms with Crippen LogP contribution < -0.4 is 10.5 Å². The van der Waals surface area contributed by atoms with E-state index in [0.29, 0.717) is 17.9 Å². The molecule has 2 atom stereocenters. The van der Waals surface area contributed by atoms with E-state index in [2.05, 4.69) is 16.8 Å². The van der Waals surface area contributed by atoms with E-state index in [9.17, 15) is 33.0 Å². The number of hydrogen-bond donors (Lipinski definition) is 3. The fourth-order valence-corrected chi connectivity index (χ4v) is 3.87. The normalized spacial score (nSPS) is 18.2. The number of nitrogens with two attached hydrogens (primary N) is 1. The average molecular weight is 469 g/mol. The Kier molecular flexibility index (Phi) is 6.19. The van der Waals surface area contributed by atoms with Crippen molar-refractivity contribution in [2.75, 3.05) is 20.2 Å². The Labute approximate surface area is 184 Å². The van der Waals surface area contributed by atoms with Gasteiger partial charge in [0.25, 0.3) is 11.8 Å². The second-order valence-electron chi connectivity index (χ2n) is 6.94. The quantitative estimate of drug-likeness (QED) is 0.581. The van der Waals surface area contributed by atoms with Crippen molar-refractivity contribution in [3.8, 4) is 28.8 Å². The summed E-state index contributed by atoms with van der Waals surface area (Å²) in [4.78, 5) is 28.0. The number of likely N-dealkylation sites (N-methyl/N-ethyl adjacent to an activating group) is 1. The van der Waals surface area contributed by atoms with Crippen molar-refractivity contribution in [2.24, 2.45) is 5.73 Å². The fourth-order valence-electron chi connectivity index (χ4n) is 2.84. The standard InChI is InChI=1S/C20H18F3N3O5S/c1-3-26(2)18(29)12(27)6-4-10-5-7-13-11(8-10)14-15(32-17(25-14)16(24)28)19(30,9-31-13)20(21,22)23/h5,7-8,12,27,30H,3,9H2,1-2H3,(H2,24,28). The molecule has 12 heteroatoms. The van der Waals surface area contributed by atoms with Gasteiger partial charge in [-0.25, -0.2) is 4.98 Å². The van der Waals surface area contributed by atoms with Gasteiger partial charge in [0.05, 0.1) is 10.6 Å². The number of aromatic nitrogens is 1. The topological polar surface area (TPSA) is 126 Å². The zero-order valence-corrected chi connectivity index (χ0v) is 17.7. The Morgan fingerprint density at radius 2 is 2.12 bits per heavy atom. The van der Waals surface area contributed by atoms with Crippen LogP contribution in [0, 0.1) is 11.8 Å². The molecule has 1 aromatic carbocycles. The molecule has 0 saturated carbocycles. The van der Waals surface area contributed by atoms with Crippen LogP contribution in [0.3, 0.4) is 0 Å². The third-order valence-corrected chi connectivity index (χ3v) is 6.01. The monoisotopic (exact) mass is 469 g/mol. The lowest BCUT2D eigenvalue weighted by Gasteiger charge is -2.28. The van der Waals surface area contributed by atoms with Crippen molar-refractivity contribution < 1.29 is 37.7 Å². The Morgan fingerprint density at radius 1 is 1.44 bits per heavy atom. The summed E-state index contributed by atoms with van der Waals surface area (Å²) in [6.45, 7) is 0.932. The highest BCUT2D eigenvalue weighted by Gasteiger charge is 2.59. The van der Waals surface area contributed by atoms with E-state index in [1.807, 2.05) is 0 Å². The summed E-state index contributed by atoms with van der Waals surface area (Å²) >= 11 is 0.326. The molecular formula is C20H18F3N3O5S. The molecule has 3 rings (SSSR count). The highest BCUT2D eigenvalue weighted by Crippen LogP contribution is 2.49. The first-order valence-electron chi connectivity index (χ1n) is 9.21. The van der Waals surface area contributed by atoms with Gasteiger partial charge in [-0.2, -0.15) is 13.2 Å². The fraction of sp³-hybridized carbons (Fsp3) is 0.350. The molecule has 0 aliphatic carbocycles. The number of primary amides is 1. The molecule has 0 radical (unpaired) electrons. The SMILES string of the molecule is CCN(C)C(=O)C(O)C#Cc1ccc2c(c1)-c1nc(C(N)=O)sc1C(O)(C(F)(F)F)CO2. The first-order valence-corrected chi connectivity index (χ1v) is 10.0. The van der Waals surface area contributed by atoms with Crippen molar-refractivity contribution in [1.82, 2.24) is 9.88 Å². The van der Waals surface area contributed by atoms with Gasteiger partial charge in [-0.3, -0.25) is 9.59 Å². The van der Waals surface area contributed by atoms with E-state index >= 15 is 0 Å². The number of ether oxygens (including phenoxy) is 1. The van der Waals surface area contributed by atoms with Gasteiger partial charge >= 0.3 is 6.18 Å². The van der Waals surface area contributed by atoms with Crippen molar-refractivity contribution in [3.63, 3.8) is 0 Å². The number of thiazole rings is 1. The van der Waals surface area contributed by atoms with Crippen LogP contribution in [0.4, 0.5) is 13.2 Å². The smallest absolute Gasteiger partial charge is 0.425 e. The summed E-state index contributed by atoms with van der Waals surface area (Å²) in [6.07, 6.45) is -6.72. The second-order valence-corrected chi connectivity index (χ2v) is 7.94. The van der Waals surface area contributed by atoms with Crippen molar-refractivity contribution >= 4 is 23.2 Å². The van der Waals surface area contributed by atoms with Gasteiger partial charge in [-0.1, -0.05) is 11.8 Å². The first-order chi connectivity index (χ1) is 14.9. The Morgan fingerprint density at radius 3 is 2.72 bits per heavy atom. The lowest BCUT2D eigenvalue weighted by molar-refractivity contribution is -0.273. The summed E-state index contributed by atoms with van der Waals surface area (Å²) in [5.41, 5.74) is 1.73. The van der Waals surface area contributed by atoms with E-state index in [1.165, 1.54) is 30.1 Å². The minimum atomic E-state index is -5.12. The number of aliphatic hydroxyl groups excluding tert-OH is 1. The number of hydrogen-bond acceptors (Lipinski definition) is 7. The number of halogens is 3. The predicted molar refractivity (Wildman–Crippen MR) is 108 cm³/mol. The number of amides is 2. The molecule has 0 fully saturated rings. The molecule has 2 heterocycles.